The molecule has 1 aliphatic carbocycles. The van der Waals surface area contributed by atoms with Gasteiger partial charge in [0.25, 0.3) is 0 Å². The first kappa shape index (κ1) is 24.4. The molecular formula is C30H37N3. The van der Waals surface area contributed by atoms with E-state index < -0.39 is 0 Å². The van der Waals surface area contributed by atoms with Crippen molar-refractivity contribution >= 4 is 11.8 Å². The maximum absolute atomic E-state index is 4.63. The van der Waals surface area contributed by atoms with Crippen LogP contribution in [0.3, 0.4) is 0 Å². The average Bonchev–Trinajstić information content (AvgIpc) is 3.22. The Hall–Kier alpha value is -3.20. The predicted molar refractivity (Wildman–Crippen MR) is 144 cm³/mol. The van der Waals surface area contributed by atoms with Crippen LogP contribution in [0.2, 0.25) is 0 Å². The van der Waals surface area contributed by atoms with Crippen molar-refractivity contribution in [3.8, 4) is 11.3 Å². The van der Waals surface area contributed by atoms with Gasteiger partial charge in [-0.1, -0.05) is 67.5 Å². The number of allylic oxidation sites excluding steroid dienone is 7. The lowest BCUT2D eigenvalue weighted by Crippen LogP contribution is -1.97. The van der Waals surface area contributed by atoms with Gasteiger partial charge in [0.2, 0.25) is 0 Å². The highest BCUT2D eigenvalue weighted by molar-refractivity contribution is 5.98. The van der Waals surface area contributed by atoms with Gasteiger partial charge in [0, 0.05) is 23.9 Å². The largest absolute Gasteiger partial charge is 0.342 e. The number of aromatic nitrogens is 2. The third-order valence-electron chi connectivity index (χ3n) is 6.17. The molecule has 3 rings (SSSR count). The molecule has 2 aromatic rings. The molecule has 3 nitrogen and oxygen atoms in total. The van der Waals surface area contributed by atoms with E-state index in [4.69, 9.17) is 0 Å². The standard InChI is InChI=1S/C30H37N3/c1-5-7-20-31-24(4)25(6-2)12-10-8-9-11-13-30-32-22-29(33-30)28-19-18-26-16-14-23(3)15-17-27(26)21-28/h5-7,14-15,17-22H,1,8-13,16H2,2-4H3,(H,32,33)/b20-7-,25-6-,31-24-. The normalized spacial score (nSPS) is 14.3. The molecule has 1 heterocycles. The van der Waals surface area contributed by atoms with Crippen molar-refractivity contribution in [2.75, 3.05) is 0 Å². The molecular weight excluding hydrogens is 402 g/mol. The highest BCUT2D eigenvalue weighted by atomic mass is 14.9. The number of hydrogen-bond acceptors (Lipinski definition) is 2. The number of imidazole rings is 1. The lowest BCUT2D eigenvalue weighted by molar-refractivity contribution is 0.634. The summed E-state index contributed by atoms with van der Waals surface area (Å²) < 4.78 is 0. The van der Waals surface area contributed by atoms with Crippen molar-refractivity contribution in [2.45, 2.75) is 65.7 Å². The summed E-state index contributed by atoms with van der Waals surface area (Å²) in [5.41, 5.74) is 8.74. The Bertz CT molecular complexity index is 1090. The summed E-state index contributed by atoms with van der Waals surface area (Å²) in [7, 11) is 0. The summed E-state index contributed by atoms with van der Waals surface area (Å²) in [4.78, 5) is 12.6. The molecule has 1 aliphatic rings. The minimum absolute atomic E-state index is 0.997. The highest BCUT2D eigenvalue weighted by Gasteiger charge is 2.08. The second kappa shape index (κ2) is 12.7. The summed E-state index contributed by atoms with van der Waals surface area (Å²) in [6.45, 7) is 10.0. The number of H-pyrrole nitrogens is 1. The molecule has 0 aliphatic heterocycles. The number of fused-ring (bicyclic) bond motifs is 1. The van der Waals surface area contributed by atoms with E-state index in [9.17, 15) is 0 Å². The molecule has 0 fully saturated rings. The van der Waals surface area contributed by atoms with Gasteiger partial charge in [-0.25, -0.2) is 4.98 Å². The van der Waals surface area contributed by atoms with Crippen molar-refractivity contribution in [3.05, 3.63) is 95.7 Å². The molecule has 1 aromatic carbocycles. The van der Waals surface area contributed by atoms with Crippen LogP contribution in [-0.4, -0.2) is 15.7 Å². The second-order valence-corrected chi connectivity index (χ2v) is 8.66. The van der Waals surface area contributed by atoms with Crippen LogP contribution >= 0.6 is 0 Å². The number of aromatic amines is 1. The van der Waals surface area contributed by atoms with E-state index in [0.717, 1.165) is 42.9 Å². The van der Waals surface area contributed by atoms with E-state index in [0.29, 0.717) is 0 Å². The van der Waals surface area contributed by atoms with Gasteiger partial charge in [0.15, 0.2) is 0 Å². The number of benzene rings is 1. The first-order valence-electron chi connectivity index (χ1n) is 12.1. The highest BCUT2D eigenvalue weighted by Crippen LogP contribution is 2.25. The van der Waals surface area contributed by atoms with Crippen molar-refractivity contribution < 1.29 is 0 Å². The third kappa shape index (κ3) is 7.42. The molecule has 0 unspecified atom stereocenters. The van der Waals surface area contributed by atoms with E-state index in [1.54, 1.807) is 6.08 Å². The molecule has 0 saturated heterocycles. The SMILES string of the molecule is C=C\C=C/N=C(C)\C(=C/C)CCCCCCc1ncc(-c2ccc3c(c2)C=CC(C)=CC3)[nH]1. The maximum Gasteiger partial charge on any atom is 0.106 e. The van der Waals surface area contributed by atoms with E-state index in [2.05, 4.69) is 84.8 Å². The Morgan fingerprint density at radius 1 is 1.18 bits per heavy atom. The monoisotopic (exact) mass is 439 g/mol. The van der Waals surface area contributed by atoms with Gasteiger partial charge in [-0.2, -0.15) is 0 Å². The van der Waals surface area contributed by atoms with Gasteiger partial charge in [-0.3, -0.25) is 4.99 Å². The molecule has 0 atom stereocenters. The Morgan fingerprint density at radius 3 is 2.85 bits per heavy atom. The van der Waals surface area contributed by atoms with Crippen LogP contribution in [0.1, 0.15) is 69.8 Å². The molecule has 0 spiro atoms. The number of nitrogens with zero attached hydrogens (tertiary/aromatic N) is 2. The number of aliphatic imine (C=N–C) groups is 1. The van der Waals surface area contributed by atoms with Crippen LogP contribution in [0.15, 0.2) is 83.7 Å². The average molecular weight is 440 g/mol. The van der Waals surface area contributed by atoms with Gasteiger partial charge < -0.3 is 4.98 Å². The zero-order valence-electron chi connectivity index (χ0n) is 20.4. The minimum Gasteiger partial charge on any atom is -0.342 e. The number of rotatable bonds is 11. The lowest BCUT2D eigenvalue weighted by Gasteiger charge is -2.06. The summed E-state index contributed by atoms with van der Waals surface area (Å²) >= 11 is 0. The van der Waals surface area contributed by atoms with Gasteiger partial charge >= 0.3 is 0 Å². The van der Waals surface area contributed by atoms with Crippen LogP contribution < -0.4 is 0 Å². The smallest absolute Gasteiger partial charge is 0.106 e. The van der Waals surface area contributed by atoms with Gasteiger partial charge in [0.1, 0.15) is 5.82 Å². The Kier molecular flexibility index (Phi) is 9.44. The molecule has 0 bridgehead atoms. The minimum atomic E-state index is 0.997. The van der Waals surface area contributed by atoms with Gasteiger partial charge in [-0.15, -0.1) is 0 Å². The van der Waals surface area contributed by atoms with E-state index >= 15 is 0 Å². The zero-order chi connectivity index (χ0) is 23.5. The number of nitrogens with one attached hydrogen (secondary N) is 1. The van der Waals surface area contributed by atoms with E-state index in [1.807, 2.05) is 18.5 Å². The van der Waals surface area contributed by atoms with Crippen LogP contribution in [0, 0.1) is 0 Å². The molecule has 33 heavy (non-hydrogen) atoms. The molecule has 172 valence electrons. The lowest BCUT2D eigenvalue weighted by atomic mass is 10.0. The number of unbranched alkanes of at least 4 members (excludes halogenated alkanes) is 3. The van der Waals surface area contributed by atoms with Crippen molar-refractivity contribution in [1.82, 2.24) is 9.97 Å². The summed E-state index contributed by atoms with van der Waals surface area (Å²) in [6.07, 6.45) is 24.1. The van der Waals surface area contributed by atoms with Crippen LogP contribution in [0.5, 0.6) is 0 Å². The van der Waals surface area contributed by atoms with Crippen molar-refractivity contribution in [3.63, 3.8) is 0 Å². The van der Waals surface area contributed by atoms with Crippen molar-refractivity contribution in [2.24, 2.45) is 4.99 Å². The molecule has 3 heteroatoms. The fourth-order valence-electron chi connectivity index (χ4n) is 4.09. The van der Waals surface area contributed by atoms with Crippen LogP contribution in [-0.2, 0) is 12.8 Å². The fourth-order valence-corrected chi connectivity index (χ4v) is 4.09. The molecule has 0 radical (unpaired) electrons. The molecule has 0 amide bonds. The van der Waals surface area contributed by atoms with Gasteiger partial charge in [-0.05, 0) is 75.3 Å². The zero-order valence-corrected chi connectivity index (χ0v) is 20.4. The van der Waals surface area contributed by atoms with E-state index in [1.165, 1.54) is 47.1 Å². The molecule has 1 aromatic heterocycles. The van der Waals surface area contributed by atoms with Crippen LogP contribution in [0.4, 0.5) is 0 Å². The maximum atomic E-state index is 4.63. The van der Waals surface area contributed by atoms with Gasteiger partial charge in [0.05, 0.1) is 11.9 Å². The Morgan fingerprint density at radius 2 is 2.03 bits per heavy atom. The topological polar surface area (TPSA) is 41.0 Å². The molecule has 1 N–H and O–H groups in total. The number of aryl methyl sites for hydroxylation is 1. The first-order valence-corrected chi connectivity index (χ1v) is 12.1. The quantitative estimate of drug-likeness (QED) is 0.214. The third-order valence-corrected chi connectivity index (χ3v) is 6.17. The number of hydrogen-bond donors (Lipinski definition) is 1. The van der Waals surface area contributed by atoms with Crippen LogP contribution in [0.25, 0.3) is 17.3 Å². The predicted octanol–water partition coefficient (Wildman–Crippen LogP) is 8.19. The Labute approximate surface area is 199 Å². The first-order chi connectivity index (χ1) is 16.1. The Balaban J connectivity index is 1.44. The van der Waals surface area contributed by atoms with Crippen molar-refractivity contribution in [1.29, 1.82) is 0 Å². The fraction of sp³-hybridized carbons (Fsp3) is 0.333. The summed E-state index contributed by atoms with van der Waals surface area (Å²) in [5.74, 6) is 1.08. The molecule has 0 saturated carbocycles. The second-order valence-electron chi connectivity index (χ2n) is 8.66. The van der Waals surface area contributed by atoms with E-state index in [-0.39, 0.29) is 0 Å². The summed E-state index contributed by atoms with van der Waals surface area (Å²) in [5, 5.41) is 0. The summed E-state index contributed by atoms with van der Waals surface area (Å²) in [6, 6.07) is 6.72.